The number of hydrogen-bond donors (Lipinski definition) is 1. The van der Waals surface area contributed by atoms with Gasteiger partial charge in [0.05, 0.1) is 12.7 Å². The first-order valence-corrected chi connectivity index (χ1v) is 5.75. The lowest BCUT2D eigenvalue weighted by Crippen LogP contribution is -2.00. The lowest BCUT2D eigenvalue weighted by atomic mass is 10.1. The third-order valence-corrected chi connectivity index (χ3v) is 2.44. The van der Waals surface area contributed by atoms with Crippen LogP contribution < -0.4 is 4.74 Å². The Morgan fingerprint density at radius 2 is 2.12 bits per heavy atom. The van der Waals surface area contributed by atoms with E-state index in [1.165, 1.54) is 6.07 Å². The van der Waals surface area contributed by atoms with Crippen molar-refractivity contribution in [2.24, 2.45) is 0 Å². The van der Waals surface area contributed by atoms with Gasteiger partial charge >= 0.3 is 0 Å². The van der Waals surface area contributed by atoms with Gasteiger partial charge in [-0.3, -0.25) is 0 Å². The Hall–Kier alpha value is -1.09. The molecule has 0 fully saturated rings. The number of ether oxygens (including phenoxy) is 1. The summed E-state index contributed by atoms with van der Waals surface area (Å²) in [5.41, 5.74) is 0.306. The second kappa shape index (κ2) is 6.48. The minimum atomic E-state index is -0.783. The SMILES string of the molecule is CCCCCOc1ccc(C(C)O)c(F)c1. The van der Waals surface area contributed by atoms with Crippen molar-refractivity contribution < 1.29 is 14.2 Å². The summed E-state index contributed by atoms with van der Waals surface area (Å²) in [5.74, 6) is 0.112. The zero-order chi connectivity index (χ0) is 12.0. The average molecular weight is 226 g/mol. The van der Waals surface area contributed by atoms with Gasteiger partial charge in [-0.25, -0.2) is 4.39 Å². The van der Waals surface area contributed by atoms with Gasteiger partial charge in [-0.1, -0.05) is 19.8 Å². The first-order valence-electron chi connectivity index (χ1n) is 5.75. The Bertz CT molecular complexity index is 324. The van der Waals surface area contributed by atoms with Crippen LogP contribution in [0.25, 0.3) is 0 Å². The topological polar surface area (TPSA) is 29.5 Å². The van der Waals surface area contributed by atoms with E-state index in [-0.39, 0.29) is 0 Å². The molecule has 0 aliphatic rings. The number of aliphatic hydroxyl groups is 1. The third kappa shape index (κ3) is 3.81. The molecule has 1 atom stereocenters. The summed E-state index contributed by atoms with van der Waals surface area (Å²) in [5, 5.41) is 9.26. The predicted octanol–water partition coefficient (Wildman–Crippen LogP) is 3.45. The summed E-state index contributed by atoms with van der Waals surface area (Å²) in [6.07, 6.45) is 2.46. The highest BCUT2D eigenvalue weighted by molar-refractivity contribution is 5.29. The summed E-state index contributed by atoms with van der Waals surface area (Å²) < 4.78 is 18.8. The van der Waals surface area contributed by atoms with Gasteiger partial charge < -0.3 is 9.84 Å². The highest BCUT2D eigenvalue weighted by Crippen LogP contribution is 2.21. The summed E-state index contributed by atoms with van der Waals surface area (Å²) in [4.78, 5) is 0. The number of halogens is 1. The summed E-state index contributed by atoms with van der Waals surface area (Å²) in [7, 11) is 0. The van der Waals surface area contributed by atoms with Crippen molar-refractivity contribution in [3.63, 3.8) is 0 Å². The molecule has 3 heteroatoms. The molecule has 1 N–H and O–H groups in total. The molecule has 0 heterocycles. The molecular weight excluding hydrogens is 207 g/mol. The van der Waals surface area contributed by atoms with Crippen molar-refractivity contribution in [1.82, 2.24) is 0 Å². The van der Waals surface area contributed by atoms with Crippen molar-refractivity contribution in [3.8, 4) is 5.75 Å². The summed E-state index contributed by atoms with van der Waals surface area (Å²) >= 11 is 0. The van der Waals surface area contributed by atoms with Crippen molar-refractivity contribution in [3.05, 3.63) is 29.6 Å². The van der Waals surface area contributed by atoms with Crippen LogP contribution in [0.5, 0.6) is 5.75 Å². The molecule has 0 saturated carbocycles. The van der Waals surface area contributed by atoms with Gasteiger partial charge in [-0.15, -0.1) is 0 Å². The van der Waals surface area contributed by atoms with E-state index in [9.17, 15) is 9.50 Å². The van der Waals surface area contributed by atoms with E-state index in [0.29, 0.717) is 17.9 Å². The van der Waals surface area contributed by atoms with E-state index >= 15 is 0 Å². The Balaban J connectivity index is 2.53. The van der Waals surface area contributed by atoms with Crippen LogP contribution in [0, 0.1) is 5.82 Å². The molecule has 0 bridgehead atoms. The largest absolute Gasteiger partial charge is 0.493 e. The van der Waals surface area contributed by atoms with E-state index in [4.69, 9.17) is 4.74 Å². The highest BCUT2D eigenvalue weighted by atomic mass is 19.1. The Kier molecular flexibility index (Phi) is 5.26. The van der Waals surface area contributed by atoms with Crippen molar-refractivity contribution in [1.29, 1.82) is 0 Å². The molecule has 1 aromatic rings. The fourth-order valence-electron chi connectivity index (χ4n) is 1.48. The molecule has 16 heavy (non-hydrogen) atoms. The van der Waals surface area contributed by atoms with E-state index in [2.05, 4.69) is 6.92 Å². The van der Waals surface area contributed by atoms with Gasteiger partial charge in [-0.2, -0.15) is 0 Å². The van der Waals surface area contributed by atoms with Crippen LogP contribution in [-0.2, 0) is 0 Å². The first-order chi connectivity index (χ1) is 7.65. The number of benzene rings is 1. The number of rotatable bonds is 6. The molecule has 1 aromatic carbocycles. The molecular formula is C13H19FO2. The van der Waals surface area contributed by atoms with Gasteiger partial charge in [0.25, 0.3) is 0 Å². The van der Waals surface area contributed by atoms with Crippen molar-refractivity contribution >= 4 is 0 Å². The lowest BCUT2D eigenvalue weighted by molar-refractivity contribution is 0.194. The van der Waals surface area contributed by atoms with Gasteiger partial charge in [0.2, 0.25) is 0 Å². The minimum Gasteiger partial charge on any atom is -0.493 e. The standard InChI is InChI=1S/C13H19FO2/c1-3-4-5-8-16-11-6-7-12(10(2)15)13(14)9-11/h6-7,9-10,15H,3-5,8H2,1-2H3. The van der Waals surface area contributed by atoms with Crippen LogP contribution in [0.1, 0.15) is 44.8 Å². The number of aliphatic hydroxyl groups excluding tert-OH is 1. The quantitative estimate of drug-likeness (QED) is 0.753. The third-order valence-electron chi connectivity index (χ3n) is 2.44. The molecule has 2 nitrogen and oxygen atoms in total. The monoisotopic (exact) mass is 226 g/mol. The first kappa shape index (κ1) is 13.0. The normalized spacial score (nSPS) is 12.5. The second-order valence-electron chi connectivity index (χ2n) is 3.91. The summed E-state index contributed by atoms with van der Waals surface area (Å²) in [6.45, 7) is 4.28. The van der Waals surface area contributed by atoms with E-state index in [1.807, 2.05) is 0 Å². The maximum atomic E-state index is 13.4. The van der Waals surface area contributed by atoms with E-state index < -0.39 is 11.9 Å². The van der Waals surface area contributed by atoms with Crippen LogP contribution in [0.2, 0.25) is 0 Å². The second-order valence-corrected chi connectivity index (χ2v) is 3.91. The van der Waals surface area contributed by atoms with Gasteiger partial charge in [0.15, 0.2) is 0 Å². The molecule has 0 radical (unpaired) electrons. The number of unbranched alkanes of at least 4 members (excludes halogenated alkanes) is 2. The average Bonchev–Trinajstić information content (AvgIpc) is 2.24. The molecule has 0 aromatic heterocycles. The zero-order valence-corrected chi connectivity index (χ0v) is 9.87. The Morgan fingerprint density at radius 1 is 1.38 bits per heavy atom. The van der Waals surface area contributed by atoms with E-state index in [0.717, 1.165) is 19.3 Å². The van der Waals surface area contributed by atoms with Gasteiger partial charge in [-0.05, 0) is 25.5 Å². The van der Waals surface area contributed by atoms with E-state index in [1.54, 1.807) is 19.1 Å². The molecule has 0 saturated heterocycles. The maximum Gasteiger partial charge on any atom is 0.132 e. The molecule has 1 rings (SSSR count). The Labute approximate surface area is 96.1 Å². The van der Waals surface area contributed by atoms with Gasteiger partial charge in [0.1, 0.15) is 11.6 Å². The molecule has 0 spiro atoms. The summed E-state index contributed by atoms with van der Waals surface area (Å²) in [6, 6.07) is 4.58. The minimum absolute atomic E-state index is 0.306. The lowest BCUT2D eigenvalue weighted by Gasteiger charge is -2.09. The molecule has 1 unspecified atom stereocenters. The van der Waals surface area contributed by atoms with Crippen LogP contribution in [0.4, 0.5) is 4.39 Å². The Morgan fingerprint density at radius 3 is 2.69 bits per heavy atom. The zero-order valence-electron chi connectivity index (χ0n) is 9.87. The predicted molar refractivity (Wildman–Crippen MR) is 62.1 cm³/mol. The molecule has 90 valence electrons. The van der Waals surface area contributed by atoms with Crippen molar-refractivity contribution in [2.75, 3.05) is 6.61 Å². The van der Waals surface area contributed by atoms with Crippen LogP contribution >= 0.6 is 0 Å². The smallest absolute Gasteiger partial charge is 0.132 e. The van der Waals surface area contributed by atoms with Crippen molar-refractivity contribution in [2.45, 2.75) is 39.2 Å². The molecule has 0 aliphatic heterocycles. The fourth-order valence-corrected chi connectivity index (χ4v) is 1.48. The van der Waals surface area contributed by atoms with Crippen LogP contribution in [0.3, 0.4) is 0 Å². The highest BCUT2D eigenvalue weighted by Gasteiger charge is 2.08. The van der Waals surface area contributed by atoms with Crippen LogP contribution in [-0.4, -0.2) is 11.7 Å². The molecule has 0 amide bonds. The maximum absolute atomic E-state index is 13.4. The van der Waals surface area contributed by atoms with Gasteiger partial charge in [0, 0.05) is 11.6 Å². The fraction of sp³-hybridized carbons (Fsp3) is 0.538. The van der Waals surface area contributed by atoms with Crippen LogP contribution in [0.15, 0.2) is 18.2 Å². The number of hydrogen-bond acceptors (Lipinski definition) is 2. The molecule has 0 aliphatic carbocycles.